The van der Waals surface area contributed by atoms with E-state index in [1.54, 1.807) is 0 Å². The fraction of sp³-hybridized carbons (Fsp3) is 0. The topological polar surface area (TPSA) is 0 Å². The molecular formula is C50H32. The van der Waals surface area contributed by atoms with E-state index in [0.29, 0.717) is 0 Å². The molecule has 0 bridgehead atoms. The van der Waals surface area contributed by atoms with E-state index in [4.69, 9.17) is 0 Å². The fourth-order valence-electron chi connectivity index (χ4n) is 8.07. The largest absolute Gasteiger partial charge is 0.0616 e. The molecule has 0 saturated carbocycles. The Balaban J connectivity index is 1.32. The van der Waals surface area contributed by atoms with Crippen LogP contribution in [0.4, 0.5) is 0 Å². The Hall–Kier alpha value is -6.50. The van der Waals surface area contributed by atoms with Crippen LogP contribution in [0, 0.1) is 0 Å². The smallest absolute Gasteiger partial charge is 0.00201 e. The SMILES string of the molecule is c1ccc(-c2c3ccccc3c(-c3ccc4ccccc4c3)c3cc(-c4ccc5ccccc5c4)ccc23)c(-c2cccc3ccccc23)c1. The maximum atomic E-state index is 2.43. The van der Waals surface area contributed by atoms with Gasteiger partial charge in [0.15, 0.2) is 0 Å². The lowest BCUT2D eigenvalue weighted by molar-refractivity contribution is 1.62. The first kappa shape index (κ1) is 28.5. The maximum absolute atomic E-state index is 2.43. The molecule has 0 N–H and O–H groups in total. The van der Waals surface area contributed by atoms with Gasteiger partial charge in [-0.25, -0.2) is 0 Å². The van der Waals surface area contributed by atoms with Crippen LogP contribution in [0.5, 0.6) is 0 Å². The van der Waals surface area contributed by atoms with Crippen LogP contribution in [-0.2, 0) is 0 Å². The predicted octanol–water partition coefficient (Wildman–Crippen LogP) is 14.1. The molecule has 0 nitrogen and oxygen atoms in total. The first-order valence-electron chi connectivity index (χ1n) is 17.3. The zero-order valence-corrected chi connectivity index (χ0v) is 27.5. The summed E-state index contributed by atoms with van der Waals surface area (Å²) >= 11 is 0. The summed E-state index contributed by atoms with van der Waals surface area (Å²) in [7, 11) is 0. The minimum atomic E-state index is 1.22. The summed E-state index contributed by atoms with van der Waals surface area (Å²) in [4.78, 5) is 0. The summed E-state index contributed by atoms with van der Waals surface area (Å²) in [5, 5.41) is 12.6. The molecule has 0 fully saturated rings. The van der Waals surface area contributed by atoms with Crippen molar-refractivity contribution in [1.29, 1.82) is 0 Å². The van der Waals surface area contributed by atoms with Gasteiger partial charge in [-0.05, 0) is 117 Å². The van der Waals surface area contributed by atoms with Crippen molar-refractivity contribution in [2.45, 2.75) is 0 Å². The van der Waals surface area contributed by atoms with Crippen molar-refractivity contribution in [3.63, 3.8) is 0 Å². The highest BCUT2D eigenvalue weighted by molar-refractivity contribution is 6.23. The van der Waals surface area contributed by atoms with Gasteiger partial charge in [-0.2, -0.15) is 0 Å². The fourth-order valence-corrected chi connectivity index (χ4v) is 8.07. The summed E-state index contributed by atoms with van der Waals surface area (Å²) in [6.45, 7) is 0. The van der Waals surface area contributed by atoms with Gasteiger partial charge < -0.3 is 0 Å². The van der Waals surface area contributed by atoms with Crippen LogP contribution in [-0.4, -0.2) is 0 Å². The van der Waals surface area contributed by atoms with E-state index in [9.17, 15) is 0 Å². The van der Waals surface area contributed by atoms with E-state index in [1.165, 1.54) is 98.4 Å². The van der Waals surface area contributed by atoms with Crippen LogP contribution >= 0.6 is 0 Å². The molecule has 0 aliphatic rings. The van der Waals surface area contributed by atoms with Crippen LogP contribution in [0.25, 0.3) is 98.4 Å². The minimum Gasteiger partial charge on any atom is -0.0616 e. The van der Waals surface area contributed by atoms with Crippen LogP contribution < -0.4 is 0 Å². The Labute approximate surface area is 291 Å². The Morgan fingerprint density at radius 3 is 1.40 bits per heavy atom. The van der Waals surface area contributed by atoms with E-state index in [2.05, 4.69) is 194 Å². The number of hydrogen-bond donors (Lipinski definition) is 0. The third kappa shape index (κ3) is 4.61. The summed E-state index contributed by atoms with van der Waals surface area (Å²) in [5.41, 5.74) is 9.96. The minimum absolute atomic E-state index is 1.22. The molecule has 0 unspecified atom stereocenters. The van der Waals surface area contributed by atoms with Gasteiger partial charge in [0, 0.05) is 0 Å². The van der Waals surface area contributed by atoms with E-state index < -0.39 is 0 Å². The monoisotopic (exact) mass is 632 g/mol. The van der Waals surface area contributed by atoms with Crippen LogP contribution in [0.2, 0.25) is 0 Å². The number of hydrogen-bond acceptors (Lipinski definition) is 0. The second-order valence-electron chi connectivity index (χ2n) is 13.3. The second-order valence-corrected chi connectivity index (χ2v) is 13.3. The molecule has 0 saturated heterocycles. The van der Waals surface area contributed by atoms with Gasteiger partial charge in [-0.1, -0.05) is 176 Å². The van der Waals surface area contributed by atoms with Crippen LogP contribution in [0.15, 0.2) is 194 Å². The van der Waals surface area contributed by atoms with E-state index in [1.807, 2.05) is 0 Å². The molecule has 0 amide bonds. The highest BCUT2D eigenvalue weighted by Crippen LogP contribution is 2.48. The van der Waals surface area contributed by atoms with Crippen LogP contribution in [0.3, 0.4) is 0 Å². The summed E-state index contributed by atoms with van der Waals surface area (Å²) in [6, 6.07) is 71.5. The molecule has 10 aromatic carbocycles. The second kappa shape index (κ2) is 11.6. The maximum Gasteiger partial charge on any atom is -0.00201 e. The van der Waals surface area contributed by atoms with Gasteiger partial charge in [0.2, 0.25) is 0 Å². The summed E-state index contributed by atoms with van der Waals surface area (Å²) in [5.74, 6) is 0. The third-order valence-electron chi connectivity index (χ3n) is 10.4. The Morgan fingerprint density at radius 2 is 0.660 bits per heavy atom. The van der Waals surface area contributed by atoms with E-state index >= 15 is 0 Å². The van der Waals surface area contributed by atoms with E-state index in [-0.39, 0.29) is 0 Å². The number of benzene rings is 10. The zero-order valence-electron chi connectivity index (χ0n) is 27.5. The lowest BCUT2D eigenvalue weighted by atomic mass is 9.82. The molecule has 10 rings (SSSR count). The Morgan fingerprint density at radius 1 is 0.200 bits per heavy atom. The molecule has 0 aliphatic carbocycles. The predicted molar refractivity (Wildman–Crippen MR) is 216 cm³/mol. The number of rotatable bonds is 4. The Kier molecular flexibility index (Phi) is 6.60. The lowest BCUT2D eigenvalue weighted by Gasteiger charge is -2.21. The lowest BCUT2D eigenvalue weighted by Crippen LogP contribution is -1.94. The van der Waals surface area contributed by atoms with Gasteiger partial charge in [0.25, 0.3) is 0 Å². The van der Waals surface area contributed by atoms with Crippen molar-refractivity contribution in [3.8, 4) is 44.5 Å². The molecule has 0 aliphatic heterocycles. The molecule has 0 radical (unpaired) electrons. The zero-order chi connectivity index (χ0) is 33.0. The van der Waals surface area contributed by atoms with Gasteiger partial charge in [-0.3, -0.25) is 0 Å². The van der Waals surface area contributed by atoms with Crippen molar-refractivity contribution in [2.75, 3.05) is 0 Å². The summed E-state index contributed by atoms with van der Waals surface area (Å²) in [6.07, 6.45) is 0. The molecule has 0 atom stereocenters. The Bertz CT molecular complexity index is 2920. The number of fused-ring (bicyclic) bond motifs is 5. The molecule has 50 heavy (non-hydrogen) atoms. The highest BCUT2D eigenvalue weighted by Gasteiger charge is 2.20. The van der Waals surface area contributed by atoms with Crippen LogP contribution in [0.1, 0.15) is 0 Å². The normalized spacial score (nSPS) is 11.6. The van der Waals surface area contributed by atoms with Gasteiger partial charge in [0.05, 0.1) is 0 Å². The summed E-state index contributed by atoms with van der Waals surface area (Å²) < 4.78 is 0. The molecule has 10 aromatic rings. The third-order valence-corrected chi connectivity index (χ3v) is 10.4. The van der Waals surface area contributed by atoms with Crippen molar-refractivity contribution in [1.82, 2.24) is 0 Å². The average Bonchev–Trinajstić information content (AvgIpc) is 3.19. The average molecular weight is 633 g/mol. The molecule has 0 heterocycles. The first-order chi connectivity index (χ1) is 24.8. The molecular weight excluding hydrogens is 601 g/mol. The van der Waals surface area contributed by atoms with Crippen molar-refractivity contribution >= 4 is 53.9 Å². The van der Waals surface area contributed by atoms with E-state index in [0.717, 1.165) is 0 Å². The highest BCUT2D eigenvalue weighted by atomic mass is 14.2. The van der Waals surface area contributed by atoms with Gasteiger partial charge in [0.1, 0.15) is 0 Å². The molecule has 0 spiro atoms. The van der Waals surface area contributed by atoms with Crippen molar-refractivity contribution in [3.05, 3.63) is 194 Å². The quantitative estimate of drug-likeness (QED) is 0.169. The molecule has 0 heteroatoms. The van der Waals surface area contributed by atoms with Gasteiger partial charge in [-0.15, -0.1) is 0 Å². The standard InChI is InChI=1S/C50H32/c1-3-15-36-30-38(26-24-33(36)12-1)39-28-29-47-48(32-39)49(40-27-25-34-13-2-4-16-37(34)31-40)45-21-9-10-22-46(45)50(47)44-20-8-7-19-43(44)42-23-11-17-35-14-5-6-18-41(35)42/h1-32H. The first-order valence-corrected chi connectivity index (χ1v) is 17.3. The molecule has 0 aromatic heterocycles. The van der Waals surface area contributed by atoms with Gasteiger partial charge >= 0.3 is 0 Å². The van der Waals surface area contributed by atoms with Crippen molar-refractivity contribution < 1.29 is 0 Å². The molecule has 232 valence electrons. The van der Waals surface area contributed by atoms with Crippen molar-refractivity contribution in [2.24, 2.45) is 0 Å².